The lowest BCUT2D eigenvalue weighted by Gasteiger charge is -2.24. The lowest BCUT2D eigenvalue weighted by Crippen LogP contribution is -2.42. The number of nitrogens with one attached hydrogen (secondary N) is 1. The van der Waals surface area contributed by atoms with Gasteiger partial charge in [0, 0.05) is 24.0 Å². The molecular weight excluding hydrogens is 244 g/mol. The number of hydrogen-bond donors (Lipinski definition) is 2. The van der Waals surface area contributed by atoms with Crippen LogP contribution >= 0.6 is 0 Å². The van der Waals surface area contributed by atoms with Gasteiger partial charge in [0.2, 0.25) is 0 Å². The molecule has 0 atom stereocenters. The average molecular weight is 262 g/mol. The number of rotatable bonds is 5. The fourth-order valence-electron chi connectivity index (χ4n) is 1.31. The molecule has 0 unspecified atom stereocenters. The molecular formula is C14H18N2O3. The zero-order valence-electron chi connectivity index (χ0n) is 11.3. The summed E-state index contributed by atoms with van der Waals surface area (Å²) in [5.41, 5.74) is 0.697. The van der Waals surface area contributed by atoms with E-state index in [1.165, 1.54) is 18.5 Å². The third-order valence-electron chi connectivity index (χ3n) is 2.78. The van der Waals surface area contributed by atoms with E-state index < -0.39 is 5.97 Å². The Morgan fingerprint density at radius 1 is 1.42 bits per heavy atom. The molecule has 0 radical (unpaired) electrons. The second-order valence-corrected chi connectivity index (χ2v) is 4.87. The van der Waals surface area contributed by atoms with Crippen molar-refractivity contribution >= 4 is 18.0 Å². The Hall–Kier alpha value is -2.17. The van der Waals surface area contributed by atoms with Crippen molar-refractivity contribution in [2.24, 2.45) is 0 Å². The number of aromatic nitrogens is 1. The van der Waals surface area contributed by atoms with Crippen LogP contribution in [0.3, 0.4) is 0 Å². The first kappa shape index (κ1) is 14.9. The van der Waals surface area contributed by atoms with Gasteiger partial charge in [-0.1, -0.05) is 6.92 Å². The SMILES string of the molecule is CCC(C)(C)NC(=O)c1cncc(/C=C/C(=O)O)c1. The predicted molar refractivity (Wildman–Crippen MR) is 72.7 cm³/mol. The minimum Gasteiger partial charge on any atom is -0.478 e. The summed E-state index contributed by atoms with van der Waals surface area (Å²) >= 11 is 0. The second-order valence-electron chi connectivity index (χ2n) is 4.87. The lowest BCUT2D eigenvalue weighted by atomic mass is 10.0. The van der Waals surface area contributed by atoms with Crippen molar-refractivity contribution in [2.45, 2.75) is 32.7 Å². The van der Waals surface area contributed by atoms with Crippen LogP contribution in [-0.4, -0.2) is 27.5 Å². The van der Waals surface area contributed by atoms with E-state index in [-0.39, 0.29) is 11.4 Å². The predicted octanol–water partition coefficient (Wildman–Crippen LogP) is 2.10. The second kappa shape index (κ2) is 6.13. The van der Waals surface area contributed by atoms with Gasteiger partial charge in [-0.2, -0.15) is 0 Å². The summed E-state index contributed by atoms with van der Waals surface area (Å²) in [5.74, 6) is -1.26. The number of aliphatic carboxylic acids is 1. The van der Waals surface area contributed by atoms with Crippen molar-refractivity contribution in [1.29, 1.82) is 0 Å². The number of carboxylic acids is 1. The molecule has 0 bridgehead atoms. The fraction of sp³-hybridized carbons (Fsp3) is 0.357. The highest BCUT2D eigenvalue weighted by atomic mass is 16.4. The molecule has 0 saturated carbocycles. The summed E-state index contributed by atoms with van der Waals surface area (Å²) in [4.78, 5) is 26.4. The quantitative estimate of drug-likeness (QED) is 0.796. The van der Waals surface area contributed by atoms with Crippen LogP contribution in [0.1, 0.15) is 43.1 Å². The molecule has 0 saturated heterocycles. The van der Waals surface area contributed by atoms with Crippen molar-refractivity contribution in [3.8, 4) is 0 Å². The Morgan fingerprint density at radius 2 is 2.11 bits per heavy atom. The van der Waals surface area contributed by atoms with E-state index in [2.05, 4.69) is 10.3 Å². The molecule has 0 aliphatic heterocycles. The highest BCUT2D eigenvalue weighted by molar-refractivity contribution is 5.95. The zero-order chi connectivity index (χ0) is 14.5. The van der Waals surface area contributed by atoms with E-state index in [4.69, 9.17) is 5.11 Å². The Labute approximate surface area is 112 Å². The Kier molecular flexibility index (Phi) is 4.80. The Morgan fingerprint density at radius 3 is 2.68 bits per heavy atom. The number of nitrogens with zero attached hydrogens (tertiary/aromatic N) is 1. The van der Waals surface area contributed by atoms with Gasteiger partial charge >= 0.3 is 5.97 Å². The highest BCUT2D eigenvalue weighted by Crippen LogP contribution is 2.10. The first-order valence-corrected chi connectivity index (χ1v) is 6.02. The van der Waals surface area contributed by atoms with Crippen LogP contribution in [0.15, 0.2) is 24.5 Å². The molecule has 0 aliphatic rings. The topological polar surface area (TPSA) is 79.3 Å². The van der Waals surface area contributed by atoms with Gasteiger partial charge < -0.3 is 10.4 Å². The van der Waals surface area contributed by atoms with Crippen molar-refractivity contribution in [1.82, 2.24) is 10.3 Å². The van der Waals surface area contributed by atoms with E-state index in [1.54, 1.807) is 6.07 Å². The van der Waals surface area contributed by atoms with E-state index >= 15 is 0 Å². The fourth-order valence-corrected chi connectivity index (χ4v) is 1.31. The number of amides is 1. The minimum atomic E-state index is -1.04. The van der Waals surface area contributed by atoms with Crippen LogP contribution in [-0.2, 0) is 4.79 Å². The molecule has 102 valence electrons. The summed E-state index contributed by atoms with van der Waals surface area (Å²) in [6.07, 6.45) is 6.18. The summed E-state index contributed by atoms with van der Waals surface area (Å²) in [5, 5.41) is 11.4. The molecule has 1 aromatic heterocycles. The molecule has 1 aromatic rings. The number of hydrogen-bond acceptors (Lipinski definition) is 3. The number of carboxylic acid groups (broad SMARTS) is 1. The average Bonchev–Trinajstić information content (AvgIpc) is 2.36. The third-order valence-corrected chi connectivity index (χ3v) is 2.78. The van der Waals surface area contributed by atoms with Crippen molar-refractivity contribution in [3.05, 3.63) is 35.7 Å². The van der Waals surface area contributed by atoms with Crippen LogP contribution in [0.2, 0.25) is 0 Å². The van der Waals surface area contributed by atoms with Gasteiger partial charge in [-0.25, -0.2) is 4.79 Å². The van der Waals surface area contributed by atoms with Gasteiger partial charge in [0.05, 0.1) is 5.56 Å². The largest absolute Gasteiger partial charge is 0.478 e. The van der Waals surface area contributed by atoms with Gasteiger partial charge in [0.15, 0.2) is 0 Å². The van der Waals surface area contributed by atoms with E-state index in [0.29, 0.717) is 11.1 Å². The van der Waals surface area contributed by atoms with Gasteiger partial charge in [-0.05, 0) is 38.0 Å². The molecule has 5 heteroatoms. The molecule has 1 heterocycles. The zero-order valence-corrected chi connectivity index (χ0v) is 11.3. The van der Waals surface area contributed by atoms with Crippen molar-refractivity contribution < 1.29 is 14.7 Å². The molecule has 0 aliphatic carbocycles. The molecule has 0 fully saturated rings. The van der Waals surface area contributed by atoms with Gasteiger partial charge in [0.1, 0.15) is 0 Å². The smallest absolute Gasteiger partial charge is 0.328 e. The summed E-state index contributed by atoms with van der Waals surface area (Å²) in [6, 6.07) is 1.60. The number of carbonyl (C=O) groups is 2. The first-order valence-electron chi connectivity index (χ1n) is 6.02. The van der Waals surface area contributed by atoms with Crippen LogP contribution in [0.4, 0.5) is 0 Å². The minimum absolute atomic E-state index is 0.218. The third kappa shape index (κ3) is 4.91. The first-order chi connectivity index (χ1) is 8.84. The van der Waals surface area contributed by atoms with E-state index in [1.807, 2.05) is 20.8 Å². The molecule has 2 N–H and O–H groups in total. The maximum absolute atomic E-state index is 12.0. The summed E-state index contributed by atoms with van der Waals surface area (Å²) in [7, 11) is 0. The lowest BCUT2D eigenvalue weighted by molar-refractivity contribution is -0.131. The van der Waals surface area contributed by atoms with E-state index in [9.17, 15) is 9.59 Å². The molecule has 1 amide bonds. The highest BCUT2D eigenvalue weighted by Gasteiger charge is 2.18. The van der Waals surface area contributed by atoms with Crippen LogP contribution in [0.25, 0.3) is 6.08 Å². The maximum Gasteiger partial charge on any atom is 0.328 e. The number of carbonyl (C=O) groups excluding carboxylic acids is 1. The van der Waals surface area contributed by atoms with Gasteiger partial charge in [0.25, 0.3) is 5.91 Å². The summed E-state index contributed by atoms with van der Waals surface area (Å²) in [6.45, 7) is 5.86. The van der Waals surface area contributed by atoms with Crippen LogP contribution in [0, 0.1) is 0 Å². The van der Waals surface area contributed by atoms with E-state index in [0.717, 1.165) is 12.5 Å². The van der Waals surface area contributed by atoms with Crippen molar-refractivity contribution in [3.63, 3.8) is 0 Å². The molecule has 0 aromatic carbocycles. The summed E-state index contributed by atoms with van der Waals surface area (Å²) < 4.78 is 0. The normalized spacial score (nSPS) is 11.5. The number of pyridine rings is 1. The molecule has 1 rings (SSSR count). The maximum atomic E-state index is 12.0. The van der Waals surface area contributed by atoms with Crippen LogP contribution in [0.5, 0.6) is 0 Å². The Balaban J connectivity index is 2.87. The van der Waals surface area contributed by atoms with Gasteiger partial charge in [-0.3, -0.25) is 9.78 Å². The molecule has 5 nitrogen and oxygen atoms in total. The van der Waals surface area contributed by atoms with Gasteiger partial charge in [-0.15, -0.1) is 0 Å². The van der Waals surface area contributed by atoms with Crippen LogP contribution < -0.4 is 5.32 Å². The molecule has 0 spiro atoms. The monoisotopic (exact) mass is 262 g/mol. The van der Waals surface area contributed by atoms with Crippen molar-refractivity contribution in [2.75, 3.05) is 0 Å². The molecule has 19 heavy (non-hydrogen) atoms. The standard InChI is InChI=1S/C14H18N2O3/c1-4-14(2,3)16-13(19)11-7-10(8-15-9-11)5-6-12(17)18/h5-9H,4H2,1-3H3,(H,16,19)(H,17,18)/b6-5+. The Bertz CT molecular complexity index is 507.